The van der Waals surface area contributed by atoms with Crippen molar-refractivity contribution in [3.05, 3.63) is 124 Å². The summed E-state index contributed by atoms with van der Waals surface area (Å²) in [5, 5.41) is 0. The van der Waals surface area contributed by atoms with Gasteiger partial charge in [-0.05, 0) is 77.1 Å². The van der Waals surface area contributed by atoms with Gasteiger partial charge >= 0.3 is 11.9 Å². The second kappa shape index (κ2) is 14.0. The van der Waals surface area contributed by atoms with Crippen LogP contribution in [0.2, 0.25) is 0 Å². The number of hydrogen-bond donors (Lipinski definition) is 0. The van der Waals surface area contributed by atoms with Crippen molar-refractivity contribution in [1.82, 2.24) is 0 Å². The molecule has 0 atom stereocenters. The van der Waals surface area contributed by atoms with Crippen LogP contribution >= 0.6 is 0 Å². The van der Waals surface area contributed by atoms with E-state index in [0.717, 1.165) is 47.9 Å². The van der Waals surface area contributed by atoms with E-state index in [1.54, 1.807) is 24.3 Å². The van der Waals surface area contributed by atoms with Gasteiger partial charge in [-0.2, -0.15) is 0 Å². The molecule has 0 saturated heterocycles. The highest BCUT2D eigenvalue weighted by Gasteiger charge is 2.13. The van der Waals surface area contributed by atoms with Crippen molar-refractivity contribution in [1.29, 1.82) is 0 Å². The Kier molecular flexibility index (Phi) is 10.0. The Morgan fingerprint density at radius 3 is 1.68 bits per heavy atom. The van der Waals surface area contributed by atoms with Crippen LogP contribution in [0.5, 0.6) is 5.75 Å². The first-order chi connectivity index (χ1) is 19.5. The van der Waals surface area contributed by atoms with E-state index in [1.165, 1.54) is 5.56 Å². The highest BCUT2D eigenvalue weighted by molar-refractivity contribution is 5.93. The van der Waals surface area contributed by atoms with Crippen molar-refractivity contribution in [2.24, 2.45) is 0 Å². The van der Waals surface area contributed by atoms with Crippen LogP contribution in [0.25, 0.3) is 11.1 Å². The molecule has 5 heteroatoms. The first-order valence-corrected chi connectivity index (χ1v) is 13.8. The zero-order valence-corrected chi connectivity index (χ0v) is 23.0. The van der Waals surface area contributed by atoms with Crippen LogP contribution in [0.4, 0.5) is 0 Å². The Morgan fingerprint density at radius 1 is 0.625 bits per heavy atom. The molecule has 0 aliphatic heterocycles. The minimum atomic E-state index is -0.502. The fourth-order valence-corrected chi connectivity index (χ4v) is 4.47. The normalized spacial score (nSPS) is 10.7. The summed E-state index contributed by atoms with van der Waals surface area (Å²) in [6, 6.07) is 27.9. The number of aldehydes is 1. The van der Waals surface area contributed by atoms with Crippen molar-refractivity contribution in [3.8, 4) is 16.9 Å². The molecule has 0 aliphatic rings. The van der Waals surface area contributed by atoms with Crippen LogP contribution in [0.1, 0.15) is 74.5 Å². The molecule has 0 aliphatic carbocycles. The molecule has 0 bridgehead atoms. The number of benzene rings is 4. The van der Waals surface area contributed by atoms with Gasteiger partial charge in [0, 0.05) is 6.42 Å². The summed E-state index contributed by atoms with van der Waals surface area (Å²) in [6.07, 6.45) is 5.33. The topological polar surface area (TPSA) is 69.7 Å². The third-order valence-corrected chi connectivity index (χ3v) is 6.71. The van der Waals surface area contributed by atoms with Crippen molar-refractivity contribution in [3.63, 3.8) is 0 Å². The van der Waals surface area contributed by atoms with Gasteiger partial charge in [-0.3, -0.25) is 4.79 Å². The summed E-state index contributed by atoms with van der Waals surface area (Å²) < 4.78 is 11.0. The van der Waals surface area contributed by atoms with Gasteiger partial charge < -0.3 is 9.47 Å². The average Bonchev–Trinajstić information content (AvgIpc) is 2.99. The molecule has 0 amide bonds. The number of carbonyl (C=O) groups is 3. The van der Waals surface area contributed by atoms with E-state index in [-0.39, 0.29) is 18.3 Å². The molecule has 204 valence electrons. The van der Waals surface area contributed by atoms with Crippen LogP contribution in [0.3, 0.4) is 0 Å². The zero-order valence-electron chi connectivity index (χ0n) is 23.0. The SMILES string of the molecule is CCCc1ccc(C(=O)OCCc2ccc(-c3ccc(OC(=O)c4ccc(CCC)cc4)c(C=O)c3)cc2)cc1. The summed E-state index contributed by atoms with van der Waals surface area (Å²) in [4.78, 5) is 36.7. The molecule has 0 radical (unpaired) electrons. The van der Waals surface area contributed by atoms with Gasteiger partial charge in [-0.15, -0.1) is 0 Å². The predicted molar refractivity (Wildman–Crippen MR) is 157 cm³/mol. The molecule has 0 saturated carbocycles. The molecule has 4 aromatic carbocycles. The lowest BCUT2D eigenvalue weighted by Crippen LogP contribution is -2.10. The number of aryl methyl sites for hydroxylation is 2. The molecule has 0 spiro atoms. The average molecular weight is 535 g/mol. The second-order valence-electron chi connectivity index (χ2n) is 9.74. The summed E-state index contributed by atoms with van der Waals surface area (Å²) in [5.74, 6) is -0.604. The summed E-state index contributed by atoms with van der Waals surface area (Å²) in [6.45, 7) is 4.52. The zero-order chi connectivity index (χ0) is 28.3. The molecule has 0 aromatic heterocycles. The van der Waals surface area contributed by atoms with Crippen molar-refractivity contribution in [2.75, 3.05) is 6.61 Å². The maximum atomic E-state index is 12.6. The van der Waals surface area contributed by atoms with Gasteiger partial charge in [0.2, 0.25) is 0 Å². The molecular formula is C35H34O5. The Bertz CT molecular complexity index is 1440. The first-order valence-electron chi connectivity index (χ1n) is 13.8. The van der Waals surface area contributed by atoms with E-state index in [1.807, 2.05) is 66.7 Å². The molecule has 5 nitrogen and oxygen atoms in total. The van der Waals surface area contributed by atoms with E-state index in [0.29, 0.717) is 29.4 Å². The Balaban J connectivity index is 1.34. The molecular weight excluding hydrogens is 500 g/mol. The molecule has 40 heavy (non-hydrogen) atoms. The Morgan fingerprint density at radius 2 is 1.12 bits per heavy atom. The van der Waals surface area contributed by atoms with Crippen molar-refractivity contribution in [2.45, 2.75) is 46.0 Å². The molecule has 0 N–H and O–H groups in total. The van der Waals surface area contributed by atoms with E-state index in [2.05, 4.69) is 13.8 Å². The van der Waals surface area contributed by atoms with E-state index < -0.39 is 5.97 Å². The minimum absolute atomic E-state index is 0.222. The second-order valence-corrected chi connectivity index (χ2v) is 9.74. The van der Waals surface area contributed by atoms with Crippen molar-refractivity contribution >= 4 is 18.2 Å². The Hall–Kier alpha value is -4.51. The number of ether oxygens (including phenoxy) is 2. The quantitative estimate of drug-likeness (QED) is 0.106. The molecule has 4 rings (SSSR count). The Labute approximate surface area is 235 Å². The van der Waals surface area contributed by atoms with Crippen molar-refractivity contribution < 1.29 is 23.9 Å². The maximum Gasteiger partial charge on any atom is 0.343 e. The number of hydrogen-bond acceptors (Lipinski definition) is 5. The van der Waals surface area contributed by atoms with E-state index in [9.17, 15) is 14.4 Å². The third kappa shape index (κ3) is 7.54. The van der Waals surface area contributed by atoms with Gasteiger partial charge in [0.25, 0.3) is 0 Å². The fourth-order valence-electron chi connectivity index (χ4n) is 4.47. The standard InChI is InChI=1S/C35H34O5/c1-3-5-25-9-15-29(16-10-25)34(37)39-22-21-27-7-13-28(14-8-27)31-19-20-33(32(23-31)24-36)40-35(38)30-17-11-26(6-4-2)12-18-30/h7-20,23-24H,3-6,21-22H2,1-2H3. The largest absolute Gasteiger partial charge is 0.462 e. The van der Waals surface area contributed by atoms with Crippen LogP contribution in [-0.2, 0) is 24.0 Å². The van der Waals surface area contributed by atoms with E-state index in [4.69, 9.17) is 9.47 Å². The molecule has 0 heterocycles. The number of rotatable bonds is 12. The van der Waals surface area contributed by atoms with Crippen LogP contribution in [-0.4, -0.2) is 24.8 Å². The maximum absolute atomic E-state index is 12.6. The van der Waals surface area contributed by atoms with Crippen LogP contribution in [0.15, 0.2) is 91.0 Å². The van der Waals surface area contributed by atoms with Gasteiger partial charge in [-0.1, -0.05) is 81.3 Å². The highest BCUT2D eigenvalue weighted by atomic mass is 16.5. The van der Waals surface area contributed by atoms with Gasteiger partial charge in [0.05, 0.1) is 23.3 Å². The van der Waals surface area contributed by atoms with Gasteiger partial charge in [0.15, 0.2) is 6.29 Å². The monoisotopic (exact) mass is 534 g/mol. The third-order valence-electron chi connectivity index (χ3n) is 6.71. The van der Waals surface area contributed by atoms with Crippen LogP contribution < -0.4 is 4.74 Å². The summed E-state index contributed by atoms with van der Waals surface area (Å²) >= 11 is 0. The van der Waals surface area contributed by atoms with Crippen LogP contribution in [0, 0.1) is 0 Å². The molecule has 0 unspecified atom stereocenters. The highest BCUT2D eigenvalue weighted by Crippen LogP contribution is 2.27. The fraction of sp³-hybridized carbons (Fsp3) is 0.229. The summed E-state index contributed by atoms with van der Waals surface area (Å²) in [5.41, 5.74) is 6.44. The number of esters is 2. The first kappa shape index (κ1) is 28.5. The lowest BCUT2D eigenvalue weighted by molar-refractivity contribution is 0.0508. The molecule has 4 aromatic rings. The number of carbonyl (C=O) groups excluding carboxylic acids is 3. The smallest absolute Gasteiger partial charge is 0.343 e. The molecule has 0 fully saturated rings. The predicted octanol–water partition coefficient (Wildman–Crippen LogP) is 7.69. The van der Waals surface area contributed by atoms with Gasteiger partial charge in [-0.25, -0.2) is 9.59 Å². The van der Waals surface area contributed by atoms with E-state index >= 15 is 0 Å². The lowest BCUT2D eigenvalue weighted by Gasteiger charge is -2.10. The summed E-state index contributed by atoms with van der Waals surface area (Å²) in [7, 11) is 0. The lowest BCUT2D eigenvalue weighted by atomic mass is 10.0. The minimum Gasteiger partial charge on any atom is -0.462 e. The van der Waals surface area contributed by atoms with Gasteiger partial charge in [0.1, 0.15) is 5.75 Å².